The Morgan fingerprint density at radius 3 is 2.93 bits per heavy atom. The van der Waals surface area contributed by atoms with Gasteiger partial charge in [0.25, 0.3) is 5.91 Å². The molecule has 0 bridgehead atoms. The summed E-state index contributed by atoms with van der Waals surface area (Å²) in [6.07, 6.45) is -3.25. The molecule has 74 valence electrons. The number of amides is 1. The highest BCUT2D eigenvalue weighted by molar-refractivity contribution is 9.10. The van der Waals surface area contributed by atoms with E-state index in [1.54, 1.807) is 18.2 Å². The molecule has 1 aromatic carbocycles. The molecule has 1 heterocycles. The first kappa shape index (κ1) is 9.61. The van der Waals surface area contributed by atoms with E-state index < -0.39 is 18.2 Å². The Bertz CT molecular complexity index is 396. The van der Waals surface area contributed by atoms with Gasteiger partial charge in [0.1, 0.15) is 6.10 Å². The van der Waals surface area contributed by atoms with Crippen molar-refractivity contribution in [3.05, 3.63) is 28.2 Å². The van der Waals surface area contributed by atoms with Crippen molar-refractivity contribution in [3.63, 3.8) is 0 Å². The molecule has 3 nitrogen and oxygen atoms in total. The molecule has 1 aliphatic rings. The molecule has 0 aliphatic carbocycles. The van der Waals surface area contributed by atoms with Crippen LogP contribution in [0, 0.1) is 0 Å². The Morgan fingerprint density at radius 1 is 1.50 bits per heavy atom. The molecular formula is C9H7BrFNO2. The third-order valence-electron chi connectivity index (χ3n) is 2.12. The maximum absolute atomic E-state index is 13.1. The van der Waals surface area contributed by atoms with Crippen LogP contribution in [0.25, 0.3) is 0 Å². The Kier molecular flexibility index (Phi) is 2.28. The van der Waals surface area contributed by atoms with E-state index in [0.717, 1.165) is 4.47 Å². The first-order valence-electron chi connectivity index (χ1n) is 4.02. The highest BCUT2D eigenvalue weighted by Gasteiger charge is 2.34. The lowest BCUT2D eigenvalue weighted by molar-refractivity contribution is -0.125. The number of benzene rings is 1. The molecule has 2 N–H and O–H groups in total. The van der Waals surface area contributed by atoms with Crippen LogP contribution in [0.3, 0.4) is 0 Å². The number of aliphatic hydroxyl groups is 1. The smallest absolute Gasteiger partial charge is 0.262 e. The van der Waals surface area contributed by atoms with E-state index in [0.29, 0.717) is 11.3 Å². The lowest BCUT2D eigenvalue weighted by atomic mass is 9.99. The van der Waals surface area contributed by atoms with Crippen LogP contribution in [0.2, 0.25) is 0 Å². The summed E-state index contributed by atoms with van der Waals surface area (Å²) >= 11 is 3.22. The van der Waals surface area contributed by atoms with E-state index in [-0.39, 0.29) is 0 Å². The number of hydrogen-bond donors (Lipinski definition) is 2. The molecule has 1 amide bonds. The van der Waals surface area contributed by atoms with Crippen molar-refractivity contribution in [2.24, 2.45) is 0 Å². The molecule has 0 fully saturated rings. The van der Waals surface area contributed by atoms with E-state index in [4.69, 9.17) is 0 Å². The van der Waals surface area contributed by atoms with Crippen LogP contribution in [-0.4, -0.2) is 17.2 Å². The van der Waals surface area contributed by atoms with Crippen molar-refractivity contribution < 1.29 is 14.3 Å². The predicted molar refractivity (Wildman–Crippen MR) is 52.6 cm³/mol. The minimum atomic E-state index is -1.89. The van der Waals surface area contributed by atoms with Gasteiger partial charge in [0.05, 0.1) is 0 Å². The summed E-state index contributed by atoms with van der Waals surface area (Å²) in [6.45, 7) is 0. The SMILES string of the molecule is O=C1Nc2cc(Br)ccc2C(O)C1F. The van der Waals surface area contributed by atoms with Gasteiger partial charge in [-0.25, -0.2) is 4.39 Å². The third-order valence-corrected chi connectivity index (χ3v) is 2.61. The fraction of sp³-hybridized carbons (Fsp3) is 0.222. The molecule has 0 aromatic heterocycles. The molecule has 0 saturated heterocycles. The van der Waals surface area contributed by atoms with Crippen LogP contribution in [0.15, 0.2) is 22.7 Å². The number of carbonyl (C=O) groups is 1. The maximum Gasteiger partial charge on any atom is 0.262 e. The summed E-state index contributed by atoms with van der Waals surface area (Å²) in [7, 11) is 0. The minimum absolute atomic E-state index is 0.403. The van der Waals surface area contributed by atoms with E-state index >= 15 is 0 Å². The maximum atomic E-state index is 13.1. The Balaban J connectivity index is 2.50. The number of hydrogen-bond acceptors (Lipinski definition) is 2. The number of alkyl halides is 1. The summed E-state index contributed by atoms with van der Waals surface area (Å²) < 4.78 is 13.8. The second kappa shape index (κ2) is 3.33. The van der Waals surface area contributed by atoms with E-state index in [2.05, 4.69) is 21.2 Å². The standard InChI is InChI=1S/C9H7BrFNO2/c10-4-1-2-5-6(3-4)12-9(14)7(11)8(5)13/h1-3,7-8,13H,(H,12,14). The summed E-state index contributed by atoms with van der Waals surface area (Å²) in [6, 6.07) is 4.89. The second-order valence-electron chi connectivity index (χ2n) is 3.07. The molecule has 0 radical (unpaired) electrons. The topological polar surface area (TPSA) is 49.3 Å². The normalized spacial score (nSPS) is 25.5. The Morgan fingerprint density at radius 2 is 2.21 bits per heavy atom. The fourth-order valence-electron chi connectivity index (χ4n) is 1.40. The first-order chi connectivity index (χ1) is 6.59. The highest BCUT2D eigenvalue weighted by Crippen LogP contribution is 2.33. The molecule has 0 saturated carbocycles. The van der Waals surface area contributed by atoms with Gasteiger partial charge >= 0.3 is 0 Å². The molecule has 0 spiro atoms. The van der Waals surface area contributed by atoms with Crippen LogP contribution < -0.4 is 5.32 Å². The summed E-state index contributed by atoms with van der Waals surface area (Å²) in [5.74, 6) is -0.803. The molecule has 2 unspecified atom stereocenters. The summed E-state index contributed by atoms with van der Waals surface area (Å²) in [5, 5.41) is 11.8. The lowest BCUT2D eigenvalue weighted by Crippen LogP contribution is -2.34. The zero-order chi connectivity index (χ0) is 10.3. The molecule has 14 heavy (non-hydrogen) atoms. The average Bonchev–Trinajstić information content (AvgIpc) is 2.14. The minimum Gasteiger partial charge on any atom is -0.385 e. The largest absolute Gasteiger partial charge is 0.385 e. The number of rotatable bonds is 0. The number of nitrogens with one attached hydrogen (secondary N) is 1. The van der Waals surface area contributed by atoms with Crippen LogP contribution in [0.1, 0.15) is 11.7 Å². The lowest BCUT2D eigenvalue weighted by Gasteiger charge is -2.24. The third kappa shape index (κ3) is 1.42. The van der Waals surface area contributed by atoms with Crippen molar-refractivity contribution in [2.75, 3.05) is 5.32 Å². The van der Waals surface area contributed by atoms with Gasteiger partial charge in [-0.3, -0.25) is 4.79 Å². The Hall–Kier alpha value is -0.940. The van der Waals surface area contributed by atoms with Gasteiger partial charge in [0.15, 0.2) is 0 Å². The molecule has 1 aliphatic heterocycles. The molecular weight excluding hydrogens is 253 g/mol. The Labute approximate surface area is 88.1 Å². The van der Waals surface area contributed by atoms with Crippen molar-refractivity contribution >= 4 is 27.5 Å². The van der Waals surface area contributed by atoms with Gasteiger partial charge < -0.3 is 10.4 Å². The van der Waals surface area contributed by atoms with Crippen molar-refractivity contribution in [3.8, 4) is 0 Å². The predicted octanol–water partition coefficient (Wildman–Crippen LogP) is 1.77. The van der Waals surface area contributed by atoms with Crippen LogP contribution >= 0.6 is 15.9 Å². The van der Waals surface area contributed by atoms with Crippen molar-refractivity contribution in [1.82, 2.24) is 0 Å². The van der Waals surface area contributed by atoms with Gasteiger partial charge in [-0.15, -0.1) is 0 Å². The number of carbonyl (C=O) groups excluding carboxylic acids is 1. The van der Waals surface area contributed by atoms with Gasteiger partial charge in [-0.2, -0.15) is 0 Å². The van der Waals surface area contributed by atoms with E-state index in [1.165, 1.54) is 0 Å². The van der Waals surface area contributed by atoms with E-state index in [9.17, 15) is 14.3 Å². The molecule has 2 rings (SSSR count). The van der Waals surface area contributed by atoms with Crippen LogP contribution in [0.5, 0.6) is 0 Å². The van der Waals surface area contributed by atoms with E-state index in [1.807, 2.05) is 0 Å². The average molecular weight is 260 g/mol. The number of aliphatic hydroxyl groups excluding tert-OH is 1. The zero-order valence-corrected chi connectivity index (χ0v) is 8.58. The first-order valence-corrected chi connectivity index (χ1v) is 4.81. The second-order valence-corrected chi connectivity index (χ2v) is 3.98. The van der Waals surface area contributed by atoms with Crippen LogP contribution in [-0.2, 0) is 4.79 Å². The number of fused-ring (bicyclic) bond motifs is 1. The quantitative estimate of drug-likeness (QED) is 0.746. The van der Waals surface area contributed by atoms with Crippen LogP contribution in [0.4, 0.5) is 10.1 Å². The number of anilines is 1. The molecule has 1 aromatic rings. The van der Waals surface area contributed by atoms with Crippen molar-refractivity contribution in [2.45, 2.75) is 12.3 Å². The van der Waals surface area contributed by atoms with Gasteiger partial charge in [0.2, 0.25) is 6.17 Å². The van der Waals surface area contributed by atoms with Gasteiger partial charge in [-0.1, -0.05) is 22.0 Å². The number of halogens is 2. The molecule has 2 atom stereocenters. The monoisotopic (exact) mass is 259 g/mol. The molecule has 5 heteroatoms. The van der Waals surface area contributed by atoms with Gasteiger partial charge in [-0.05, 0) is 12.1 Å². The summed E-state index contributed by atoms with van der Waals surface area (Å²) in [4.78, 5) is 11.0. The summed E-state index contributed by atoms with van der Waals surface area (Å²) in [5.41, 5.74) is 0.853. The highest BCUT2D eigenvalue weighted by atomic mass is 79.9. The van der Waals surface area contributed by atoms with Gasteiger partial charge in [0, 0.05) is 15.7 Å². The fourth-order valence-corrected chi connectivity index (χ4v) is 1.76. The van der Waals surface area contributed by atoms with Crippen molar-refractivity contribution in [1.29, 1.82) is 0 Å². The zero-order valence-electron chi connectivity index (χ0n) is 7.00.